The molecular formula is C31H40FN3O4S. The maximum atomic E-state index is 14.5. The number of carbonyl (C=O) groups is 2. The monoisotopic (exact) mass is 569 g/mol. The Balaban J connectivity index is 1.39. The number of nitrogens with one attached hydrogen (secondary N) is 1. The van der Waals surface area contributed by atoms with Crippen LogP contribution < -0.4 is 9.62 Å². The van der Waals surface area contributed by atoms with E-state index >= 15 is 0 Å². The van der Waals surface area contributed by atoms with Crippen LogP contribution in [-0.2, 0) is 31.6 Å². The summed E-state index contributed by atoms with van der Waals surface area (Å²) < 4.78 is 41.4. The largest absolute Gasteiger partial charge is 0.355 e. The van der Waals surface area contributed by atoms with Crippen LogP contribution in [0.5, 0.6) is 0 Å². The highest BCUT2D eigenvalue weighted by molar-refractivity contribution is 7.92. The molecule has 1 atom stereocenters. The zero-order valence-electron chi connectivity index (χ0n) is 23.6. The predicted octanol–water partition coefficient (Wildman–Crippen LogP) is 4.61. The second-order valence-electron chi connectivity index (χ2n) is 12.2. The third-order valence-electron chi connectivity index (χ3n) is 9.30. The molecule has 216 valence electrons. The molecule has 2 aromatic carbocycles. The molecule has 2 aromatic rings. The van der Waals surface area contributed by atoms with E-state index in [1.807, 2.05) is 12.1 Å². The Bertz CT molecular complexity index is 1330. The average molecular weight is 570 g/mol. The summed E-state index contributed by atoms with van der Waals surface area (Å²) in [7, 11) is -3.83. The molecule has 9 heteroatoms. The van der Waals surface area contributed by atoms with Gasteiger partial charge in [0, 0.05) is 18.7 Å². The standard InChI is InChI=1S/C31H40FN3O4S/c1-4-33-30(37)21(2)34(19-25-7-5-6-8-28(25)32)29(36)20-35(40(3,38)39)27-11-9-26(10-12-27)31-16-22-13-23(17-31)15-24(14-22)18-31/h5-12,21-24H,4,13-20H2,1-3H3,(H,33,37)/t21-,22?,23?,24?,31?/m1/s1. The normalized spacial score (nSPS) is 25.9. The molecule has 1 N–H and O–H groups in total. The van der Waals surface area contributed by atoms with Gasteiger partial charge in [0.15, 0.2) is 0 Å². The van der Waals surface area contributed by atoms with Gasteiger partial charge in [-0.1, -0.05) is 30.3 Å². The van der Waals surface area contributed by atoms with Crippen LogP contribution in [0, 0.1) is 23.6 Å². The zero-order chi connectivity index (χ0) is 28.7. The number of benzene rings is 2. The van der Waals surface area contributed by atoms with Crippen LogP contribution >= 0.6 is 0 Å². The summed E-state index contributed by atoms with van der Waals surface area (Å²) in [5.74, 6) is 0.912. The summed E-state index contributed by atoms with van der Waals surface area (Å²) in [6, 6.07) is 12.8. The molecular weight excluding hydrogens is 529 g/mol. The van der Waals surface area contributed by atoms with E-state index in [0.29, 0.717) is 12.2 Å². The van der Waals surface area contributed by atoms with Crippen molar-refractivity contribution in [3.8, 4) is 0 Å². The van der Waals surface area contributed by atoms with Crippen molar-refractivity contribution in [1.82, 2.24) is 10.2 Å². The number of halogens is 1. The molecule has 40 heavy (non-hydrogen) atoms. The van der Waals surface area contributed by atoms with Gasteiger partial charge in [0.2, 0.25) is 21.8 Å². The quantitative estimate of drug-likeness (QED) is 0.453. The molecule has 4 aliphatic carbocycles. The molecule has 6 rings (SSSR count). The fourth-order valence-corrected chi connectivity index (χ4v) is 8.62. The van der Waals surface area contributed by atoms with Gasteiger partial charge in [0.05, 0.1) is 11.9 Å². The SMILES string of the molecule is CCNC(=O)[C@@H](C)N(Cc1ccccc1F)C(=O)CN(c1ccc(C23CC4CC(CC(C4)C2)C3)cc1)S(C)(=O)=O. The third kappa shape index (κ3) is 5.76. The number of anilines is 1. The van der Waals surface area contributed by atoms with E-state index in [0.717, 1.165) is 28.3 Å². The van der Waals surface area contributed by atoms with Crippen molar-refractivity contribution in [2.75, 3.05) is 23.7 Å². The topological polar surface area (TPSA) is 86.8 Å². The first kappa shape index (κ1) is 28.6. The number of amides is 2. The number of hydrogen-bond donors (Lipinski definition) is 1. The van der Waals surface area contributed by atoms with E-state index < -0.39 is 40.2 Å². The molecule has 0 unspecified atom stereocenters. The smallest absolute Gasteiger partial charge is 0.244 e. The van der Waals surface area contributed by atoms with Crippen molar-refractivity contribution < 1.29 is 22.4 Å². The Morgan fingerprint density at radius 2 is 1.57 bits per heavy atom. The van der Waals surface area contributed by atoms with Gasteiger partial charge in [0.25, 0.3) is 0 Å². The molecule has 0 spiro atoms. The van der Waals surface area contributed by atoms with Gasteiger partial charge >= 0.3 is 0 Å². The lowest BCUT2D eigenvalue weighted by Gasteiger charge is -2.57. The second kappa shape index (κ2) is 11.1. The Morgan fingerprint density at radius 3 is 2.10 bits per heavy atom. The Kier molecular flexibility index (Phi) is 7.97. The van der Waals surface area contributed by atoms with Crippen molar-refractivity contribution in [2.45, 2.75) is 70.4 Å². The van der Waals surface area contributed by atoms with Crippen molar-refractivity contribution in [2.24, 2.45) is 17.8 Å². The minimum Gasteiger partial charge on any atom is -0.355 e. The van der Waals surface area contributed by atoms with Crippen molar-refractivity contribution >= 4 is 27.5 Å². The van der Waals surface area contributed by atoms with Crippen LogP contribution in [0.15, 0.2) is 48.5 Å². The summed E-state index contributed by atoms with van der Waals surface area (Å²) >= 11 is 0. The van der Waals surface area contributed by atoms with Crippen LogP contribution in [0.25, 0.3) is 0 Å². The van der Waals surface area contributed by atoms with Gasteiger partial charge in [-0.25, -0.2) is 12.8 Å². The highest BCUT2D eigenvalue weighted by atomic mass is 32.2. The summed E-state index contributed by atoms with van der Waals surface area (Å²) in [5.41, 5.74) is 2.09. The van der Waals surface area contributed by atoms with E-state index in [-0.39, 0.29) is 17.5 Å². The van der Waals surface area contributed by atoms with Gasteiger partial charge in [-0.2, -0.15) is 0 Å². The number of rotatable bonds is 10. The van der Waals surface area contributed by atoms with E-state index in [9.17, 15) is 22.4 Å². The van der Waals surface area contributed by atoms with E-state index in [2.05, 4.69) is 5.32 Å². The van der Waals surface area contributed by atoms with Gasteiger partial charge < -0.3 is 10.2 Å². The maximum Gasteiger partial charge on any atom is 0.244 e. The number of hydrogen-bond acceptors (Lipinski definition) is 4. The first-order valence-electron chi connectivity index (χ1n) is 14.4. The fraction of sp³-hybridized carbons (Fsp3) is 0.548. The van der Waals surface area contributed by atoms with Crippen molar-refractivity contribution in [3.63, 3.8) is 0 Å². The van der Waals surface area contributed by atoms with Crippen LogP contribution in [0.1, 0.15) is 63.5 Å². The summed E-state index contributed by atoms with van der Waals surface area (Å²) in [6.45, 7) is 3.05. The van der Waals surface area contributed by atoms with Crippen molar-refractivity contribution in [3.05, 3.63) is 65.5 Å². The molecule has 4 saturated carbocycles. The Hall–Kier alpha value is -2.94. The van der Waals surface area contributed by atoms with E-state index in [1.54, 1.807) is 44.2 Å². The van der Waals surface area contributed by atoms with E-state index in [1.165, 1.54) is 55.1 Å². The summed E-state index contributed by atoms with van der Waals surface area (Å²) in [6.07, 6.45) is 8.72. The van der Waals surface area contributed by atoms with Crippen LogP contribution in [-0.4, -0.2) is 50.5 Å². The van der Waals surface area contributed by atoms with E-state index in [4.69, 9.17) is 0 Å². The third-order valence-corrected chi connectivity index (χ3v) is 10.4. The van der Waals surface area contributed by atoms with Gasteiger partial charge in [-0.05, 0) is 99.3 Å². The van der Waals surface area contributed by atoms with Gasteiger partial charge in [-0.3, -0.25) is 13.9 Å². The highest BCUT2D eigenvalue weighted by Crippen LogP contribution is 2.60. The number of nitrogens with zero attached hydrogens (tertiary/aromatic N) is 2. The fourth-order valence-electron chi connectivity index (χ4n) is 7.77. The lowest BCUT2D eigenvalue weighted by atomic mass is 9.48. The van der Waals surface area contributed by atoms with Gasteiger partial charge in [-0.15, -0.1) is 0 Å². The predicted molar refractivity (Wildman–Crippen MR) is 154 cm³/mol. The van der Waals surface area contributed by atoms with Crippen LogP contribution in [0.3, 0.4) is 0 Å². The van der Waals surface area contributed by atoms with Gasteiger partial charge in [0.1, 0.15) is 18.4 Å². The minimum absolute atomic E-state index is 0.160. The highest BCUT2D eigenvalue weighted by Gasteiger charge is 2.51. The number of sulfonamides is 1. The number of likely N-dealkylation sites (N-methyl/N-ethyl adjacent to an activating group) is 1. The average Bonchev–Trinajstić information content (AvgIpc) is 2.89. The molecule has 0 saturated heterocycles. The summed E-state index contributed by atoms with van der Waals surface area (Å²) in [4.78, 5) is 27.6. The second-order valence-corrected chi connectivity index (χ2v) is 14.1. The van der Waals surface area contributed by atoms with Crippen molar-refractivity contribution in [1.29, 1.82) is 0 Å². The zero-order valence-corrected chi connectivity index (χ0v) is 24.4. The molecule has 2 amide bonds. The molecule has 4 fully saturated rings. The minimum atomic E-state index is -3.83. The molecule has 4 bridgehead atoms. The Labute approximate surface area is 237 Å². The molecule has 4 aliphatic rings. The summed E-state index contributed by atoms with van der Waals surface area (Å²) in [5, 5.41) is 2.70. The molecule has 0 heterocycles. The Morgan fingerprint density at radius 1 is 1.00 bits per heavy atom. The van der Waals surface area contributed by atoms with Crippen LogP contribution in [0.4, 0.5) is 10.1 Å². The first-order chi connectivity index (χ1) is 19.0. The lowest BCUT2D eigenvalue weighted by Crippen LogP contribution is -2.51. The molecule has 0 aromatic heterocycles. The van der Waals surface area contributed by atoms with Crippen LogP contribution in [0.2, 0.25) is 0 Å². The first-order valence-corrected chi connectivity index (χ1v) is 16.2. The molecule has 0 radical (unpaired) electrons. The maximum absolute atomic E-state index is 14.5. The molecule has 7 nitrogen and oxygen atoms in total. The molecule has 0 aliphatic heterocycles. The lowest BCUT2D eigenvalue weighted by molar-refractivity contribution is -0.139. The number of carbonyl (C=O) groups excluding carboxylic acids is 2.